The second kappa shape index (κ2) is 4.80. The van der Waals surface area contributed by atoms with Gasteiger partial charge in [0.05, 0.1) is 23.1 Å². The lowest BCUT2D eigenvalue weighted by molar-refractivity contribution is -0.122. The summed E-state index contributed by atoms with van der Waals surface area (Å²) in [7, 11) is 0. The Kier molecular flexibility index (Phi) is 3.08. The summed E-state index contributed by atoms with van der Waals surface area (Å²) in [6.07, 6.45) is 4.73. The quantitative estimate of drug-likeness (QED) is 0.667. The van der Waals surface area contributed by atoms with Gasteiger partial charge in [0.1, 0.15) is 5.82 Å². The highest BCUT2D eigenvalue weighted by Crippen LogP contribution is 2.37. The molecule has 1 saturated heterocycles. The fourth-order valence-corrected chi connectivity index (χ4v) is 2.87. The standard InChI is InChI=1S/C15H12FNO4/c16-12-7-8(5-6-11(12)15(20)21)17-13(18)9-3-1-2-4-10(9)14(17)19/h1-2,5-7,9-10H,3-4H2,(H,20,21). The first-order chi connectivity index (χ1) is 10.0. The third-order valence-corrected chi connectivity index (χ3v) is 3.95. The predicted molar refractivity (Wildman–Crippen MR) is 71.2 cm³/mol. The van der Waals surface area contributed by atoms with Crippen LogP contribution >= 0.6 is 0 Å². The minimum absolute atomic E-state index is 0.0851. The molecular weight excluding hydrogens is 277 g/mol. The van der Waals surface area contributed by atoms with E-state index >= 15 is 0 Å². The Morgan fingerprint density at radius 1 is 1.14 bits per heavy atom. The largest absolute Gasteiger partial charge is 0.478 e. The minimum Gasteiger partial charge on any atom is -0.478 e. The zero-order valence-corrected chi connectivity index (χ0v) is 11.0. The molecule has 0 radical (unpaired) electrons. The van der Waals surface area contributed by atoms with Crippen LogP contribution in [-0.4, -0.2) is 22.9 Å². The van der Waals surface area contributed by atoms with Crippen molar-refractivity contribution in [2.24, 2.45) is 11.8 Å². The fraction of sp³-hybridized carbons (Fsp3) is 0.267. The van der Waals surface area contributed by atoms with Crippen molar-refractivity contribution in [3.05, 3.63) is 41.7 Å². The number of hydrogen-bond acceptors (Lipinski definition) is 3. The van der Waals surface area contributed by atoms with Gasteiger partial charge in [-0.25, -0.2) is 14.1 Å². The number of hydrogen-bond donors (Lipinski definition) is 1. The molecule has 3 rings (SSSR count). The van der Waals surface area contributed by atoms with E-state index in [1.54, 1.807) is 0 Å². The molecule has 2 atom stereocenters. The number of fused-ring (bicyclic) bond motifs is 1. The maximum Gasteiger partial charge on any atom is 0.338 e. The van der Waals surface area contributed by atoms with E-state index < -0.39 is 29.2 Å². The van der Waals surface area contributed by atoms with E-state index in [0.717, 1.165) is 17.0 Å². The van der Waals surface area contributed by atoms with Gasteiger partial charge in [0.25, 0.3) is 0 Å². The Balaban J connectivity index is 1.98. The maximum absolute atomic E-state index is 13.7. The lowest BCUT2D eigenvalue weighted by Gasteiger charge is -2.15. The van der Waals surface area contributed by atoms with E-state index in [1.165, 1.54) is 6.07 Å². The van der Waals surface area contributed by atoms with Crippen LogP contribution in [0.15, 0.2) is 30.4 Å². The van der Waals surface area contributed by atoms with Gasteiger partial charge in [0.15, 0.2) is 0 Å². The zero-order valence-electron chi connectivity index (χ0n) is 11.0. The normalized spacial score (nSPS) is 24.3. The molecule has 6 heteroatoms. The number of carbonyl (C=O) groups excluding carboxylic acids is 2. The molecule has 0 aromatic heterocycles. The smallest absolute Gasteiger partial charge is 0.338 e. The topological polar surface area (TPSA) is 74.7 Å². The maximum atomic E-state index is 13.7. The van der Waals surface area contributed by atoms with Gasteiger partial charge in [0.2, 0.25) is 11.8 Å². The summed E-state index contributed by atoms with van der Waals surface area (Å²) < 4.78 is 13.7. The molecule has 2 amide bonds. The Morgan fingerprint density at radius 3 is 2.19 bits per heavy atom. The van der Waals surface area contributed by atoms with Gasteiger partial charge in [-0.15, -0.1) is 0 Å². The average molecular weight is 289 g/mol. The molecule has 0 saturated carbocycles. The van der Waals surface area contributed by atoms with Crippen molar-refractivity contribution in [3.63, 3.8) is 0 Å². The molecule has 5 nitrogen and oxygen atoms in total. The lowest BCUT2D eigenvalue weighted by atomic mass is 9.85. The Hall–Kier alpha value is -2.50. The van der Waals surface area contributed by atoms with Crippen LogP contribution in [0.3, 0.4) is 0 Å². The second-order valence-corrected chi connectivity index (χ2v) is 5.14. The van der Waals surface area contributed by atoms with E-state index in [-0.39, 0.29) is 17.5 Å². The number of imide groups is 1. The number of allylic oxidation sites excluding steroid dienone is 2. The third-order valence-electron chi connectivity index (χ3n) is 3.95. The number of carboxylic acids is 1. The van der Waals surface area contributed by atoms with E-state index in [2.05, 4.69) is 0 Å². The molecule has 1 N–H and O–H groups in total. The summed E-state index contributed by atoms with van der Waals surface area (Å²) in [6, 6.07) is 3.27. The summed E-state index contributed by atoms with van der Waals surface area (Å²) in [6.45, 7) is 0. The third kappa shape index (κ3) is 2.03. The molecule has 1 aromatic carbocycles. The number of aromatic carboxylic acids is 1. The predicted octanol–water partition coefficient (Wildman–Crippen LogP) is 1.98. The summed E-state index contributed by atoms with van der Waals surface area (Å²) in [4.78, 5) is 36.4. The molecule has 1 heterocycles. The van der Waals surface area contributed by atoms with Crippen LogP contribution in [0.1, 0.15) is 23.2 Å². The van der Waals surface area contributed by atoms with Gasteiger partial charge < -0.3 is 5.11 Å². The first-order valence-corrected chi connectivity index (χ1v) is 6.56. The molecule has 1 aliphatic carbocycles. The van der Waals surface area contributed by atoms with Gasteiger partial charge in [-0.1, -0.05) is 12.2 Å². The molecule has 2 unspecified atom stereocenters. The van der Waals surface area contributed by atoms with Crippen molar-refractivity contribution in [2.45, 2.75) is 12.8 Å². The van der Waals surface area contributed by atoms with Crippen LogP contribution in [0.2, 0.25) is 0 Å². The molecule has 0 spiro atoms. The van der Waals surface area contributed by atoms with Crippen molar-refractivity contribution >= 4 is 23.5 Å². The van der Waals surface area contributed by atoms with Crippen LogP contribution in [0.4, 0.5) is 10.1 Å². The highest BCUT2D eigenvalue weighted by Gasteiger charge is 2.47. The van der Waals surface area contributed by atoms with Crippen LogP contribution in [-0.2, 0) is 9.59 Å². The van der Waals surface area contributed by atoms with Crippen LogP contribution in [0.5, 0.6) is 0 Å². The van der Waals surface area contributed by atoms with E-state index in [4.69, 9.17) is 5.11 Å². The number of amides is 2. The Morgan fingerprint density at radius 2 is 1.71 bits per heavy atom. The SMILES string of the molecule is O=C(O)c1ccc(N2C(=O)C3CC=CCC3C2=O)cc1F. The van der Waals surface area contributed by atoms with Crippen molar-refractivity contribution in [1.82, 2.24) is 0 Å². The Labute approximate surface area is 119 Å². The van der Waals surface area contributed by atoms with Gasteiger partial charge >= 0.3 is 5.97 Å². The molecule has 1 aliphatic heterocycles. The van der Waals surface area contributed by atoms with Crippen molar-refractivity contribution in [1.29, 1.82) is 0 Å². The van der Waals surface area contributed by atoms with E-state index in [9.17, 15) is 18.8 Å². The number of halogens is 1. The summed E-state index contributed by atoms with van der Waals surface area (Å²) in [5.41, 5.74) is -0.404. The summed E-state index contributed by atoms with van der Waals surface area (Å²) in [5.74, 6) is -3.85. The minimum atomic E-state index is -1.39. The summed E-state index contributed by atoms with van der Waals surface area (Å²) >= 11 is 0. The number of nitrogens with zero attached hydrogens (tertiary/aromatic N) is 1. The number of rotatable bonds is 2. The molecule has 108 valence electrons. The van der Waals surface area contributed by atoms with E-state index in [0.29, 0.717) is 12.8 Å². The number of carboxylic acid groups (broad SMARTS) is 1. The molecular formula is C15H12FNO4. The van der Waals surface area contributed by atoms with Gasteiger partial charge in [-0.05, 0) is 31.0 Å². The van der Waals surface area contributed by atoms with Crippen molar-refractivity contribution in [2.75, 3.05) is 4.90 Å². The molecule has 21 heavy (non-hydrogen) atoms. The first kappa shape index (κ1) is 13.5. The monoisotopic (exact) mass is 289 g/mol. The van der Waals surface area contributed by atoms with Crippen LogP contribution < -0.4 is 4.90 Å². The Bertz CT molecular complexity index is 656. The van der Waals surface area contributed by atoms with Gasteiger partial charge in [-0.2, -0.15) is 0 Å². The van der Waals surface area contributed by atoms with Crippen LogP contribution in [0, 0.1) is 17.7 Å². The first-order valence-electron chi connectivity index (χ1n) is 6.56. The van der Waals surface area contributed by atoms with Crippen molar-refractivity contribution < 1.29 is 23.9 Å². The molecule has 2 aliphatic rings. The van der Waals surface area contributed by atoms with E-state index in [1.807, 2.05) is 12.2 Å². The highest BCUT2D eigenvalue weighted by atomic mass is 19.1. The lowest BCUT2D eigenvalue weighted by Crippen LogP contribution is -2.31. The fourth-order valence-electron chi connectivity index (χ4n) is 2.87. The van der Waals surface area contributed by atoms with Crippen molar-refractivity contribution in [3.8, 4) is 0 Å². The number of anilines is 1. The number of carbonyl (C=O) groups is 3. The van der Waals surface area contributed by atoms with Gasteiger partial charge in [0, 0.05) is 0 Å². The van der Waals surface area contributed by atoms with Crippen LogP contribution in [0.25, 0.3) is 0 Å². The number of benzene rings is 1. The molecule has 1 fully saturated rings. The zero-order chi connectivity index (χ0) is 15.1. The molecule has 1 aromatic rings. The van der Waals surface area contributed by atoms with Gasteiger partial charge in [-0.3, -0.25) is 9.59 Å². The highest BCUT2D eigenvalue weighted by molar-refractivity contribution is 6.22. The summed E-state index contributed by atoms with van der Waals surface area (Å²) in [5, 5.41) is 8.80. The molecule has 0 bridgehead atoms. The average Bonchev–Trinajstić information content (AvgIpc) is 2.71. The second-order valence-electron chi connectivity index (χ2n) is 5.14.